The van der Waals surface area contributed by atoms with Crippen molar-refractivity contribution in [2.75, 3.05) is 11.9 Å². The van der Waals surface area contributed by atoms with Crippen LogP contribution in [0.3, 0.4) is 0 Å². The Morgan fingerprint density at radius 1 is 1.12 bits per heavy atom. The molecule has 1 N–H and O–H groups in total. The summed E-state index contributed by atoms with van der Waals surface area (Å²) in [4.78, 5) is 23.2. The minimum atomic E-state index is -0.788. The lowest BCUT2D eigenvalue weighted by atomic mass is 10.2. The van der Waals surface area contributed by atoms with Crippen LogP contribution in [0.5, 0.6) is 0 Å². The number of hydrogen-bond donors (Lipinski definition) is 1. The van der Waals surface area contributed by atoms with Crippen molar-refractivity contribution >= 4 is 23.6 Å². The van der Waals surface area contributed by atoms with E-state index in [0.29, 0.717) is 5.56 Å². The molecule has 0 unspecified atom stereocenters. The third-order valence-electron chi connectivity index (χ3n) is 3.11. The van der Waals surface area contributed by atoms with Gasteiger partial charge in [0.05, 0.1) is 0 Å². The molecule has 1 amide bonds. The van der Waals surface area contributed by atoms with Crippen molar-refractivity contribution in [3.63, 3.8) is 0 Å². The van der Waals surface area contributed by atoms with Gasteiger partial charge in [0.1, 0.15) is 11.6 Å². The molecule has 2 rings (SSSR count). The number of halogens is 2. The Hall–Kier alpha value is -3.02. The molecule has 0 fully saturated rings. The monoisotopic (exact) mass is 331 g/mol. The van der Waals surface area contributed by atoms with Crippen molar-refractivity contribution in [2.24, 2.45) is 0 Å². The van der Waals surface area contributed by atoms with E-state index in [1.807, 2.05) is 0 Å². The van der Waals surface area contributed by atoms with Gasteiger partial charge in [0.15, 0.2) is 6.61 Å². The molecule has 24 heavy (non-hydrogen) atoms. The van der Waals surface area contributed by atoms with Crippen molar-refractivity contribution < 1.29 is 23.1 Å². The van der Waals surface area contributed by atoms with Crippen LogP contribution >= 0.6 is 0 Å². The highest BCUT2D eigenvalue weighted by Gasteiger charge is 2.07. The number of anilines is 1. The Morgan fingerprint density at radius 3 is 2.58 bits per heavy atom. The highest BCUT2D eigenvalue weighted by Crippen LogP contribution is 2.13. The molecule has 0 saturated heterocycles. The summed E-state index contributed by atoms with van der Waals surface area (Å²) in [5, 5.41) is 2.41. The maximum absolute atomic E-state index is 13.4. The number of amides is 1. The molecule has 2 aromatic rings. The van der Waals surface area contributed by atoms with E-state index in [1.54, 1.807) is 13.0 Å². The molecule has 124 valence electrons. The summed E-state index contributed by atoms with van der Waals surface area (Å²) in [5.74, 6) is -2.31. The summed E-state index contributed by atoms with van der Waals surface area (Å²) in [5.41, 5.74) is 0.952. The first-order valence-corrected chi connectivity index (χ1v) is 7.11. The summed E-state index contributed by atoms with van der Waals surface area (Å²) < 4.78 is 31.5. The molecule has 0 radical (unpaired) electrons. The molecule has 2 aromatic carbocycles. The van der Waals surface area contributed by atoms with Gasteiger partial charge in [0.25, 0.3) is 5.91 Å². The molecular weight excluding hydrogens is 316 g/mol. The molecule has 0 spiro atoms. The first-order chi connectivity index (χ1) is 11.5. The summed E-state index contributed by atoms with van der Waals surface area (Å²) in [7, 11) is 0. The second kappa shape index (κ2) is 8.01. The molecule has 0 heterocycles. The molecule has 6 heteroatoms. The maximum Gasteiger partial charge on any atom is 0.331 e. The predicted molar refractivity (Wildman–Crippen MR) is 86.2 cm³/mol. The predicted octanol–water partition coefficient (Wildman–Crippen LogP) is 3.47. The van der Waals surface area contributed by atoms with Crippen molar-refractivity contribution in [1.29, 1.82) is 0 Å². The lowest BCUT2D eigenvalue weighted by Crippen LogP contribution is -2.20. The van der Waals surface area contributed by atoms with E-state index in [2.05, 4.69) is 5.32 Å². The third-order valence-corrected chi connectivity index (χ3v) is 3.11. The molecule has 0 saturated carbocycles. The lowest BCUT2D eigenvalue weighted by Gasteiger charge is -2.06. The smallest absolute Gasteiger partial charge is 0.331 e. The van der Waals surface area contributed by atoms with Gasteiger partial charge in [-0.15, -0.1) is 0 Å². The second-order valence-electron chi connectivity index (χ2n) is 4.97. The fourth-order valence-corrected chi connectivity index (χ4v) is 1.82. The number of ether oxygens (including phenoxy) is 1. The number of benzene rings is 2. The topological polar surface area (TPSA) is 55.4 Å². The van der Waals surface area contributed by atoms with Crippen molar-refractivity contribution in [1.82, 2.24) is 0 Å². The third kappa shape index (κ3) is 5.01. The molecule has 4 nitrogen and oxygen atoms in total. The first-order valence-electron chi connectivity index (χ1n) is 7.11. The number of carbonyl (C=O) groups is 2. The Bertz CT molecular complexity index is 788. The van der Waals surface area contributed by atoms with Crippen molar-refractivity contribution in [3.8, 4) is 0 Å². The zero-order valence-corrected chi connectivity index (χ0v) is 12.9. The van der Waals surface area contributed by atoms with Crippen LogP contribution in [0, 0.1) is 18.6 Å². The van der Waals surface area contributed by atoms with Gasteiger partial charge in [0, 0.05) is 17.3 Å². The Labute approximate surface area is 137 Å². The highest BCUT2D eigenvalue weighted by atomic mass is 19.1. The highest BCUT2D eigenvalue weighted by molar-refractivity contribution is 5.94. The largest absolute Gasteiger partial charge is 0.452 e. The zero-order chi connectivity index (χ0) is 17.5. The van der Waals surface area contributed by atoms with Crippen LogP contribution in [-0.2, 0) is 14.3 Å². The number of esters is 1. The average molecular weight is 331 g/mol. The summed E-state index contributed by atoms with van der Waals surface area (Å²) in [6, 6.07) is 10.2. The minimum Gasteiger partial charge on any atom is -0.452 e. The van der Waals surface area contributed by atoms with Gasteiger partial charge < -0.3 is 10.1 Å². The fourth-order valence-electron chi connectivity index (χ4n) is 1.82. The molecule has 0 aliphatic carbocycles. The van der Waals surface area contributed by atoms with Gasteiger partial charge in [-0.1, -0.05) is 24.3 Å². The number of hydrogen-bond acceptors (Lipinski definition) is 3. The van der Waals surface area contributed by atoms with Crippen LogP contribution in [0.1, 0.15) is 11.1 Å². The molecule has 0 aliphatic heterocycles. The normalized spacial score (nSPS) is 10.6. The standard InChI is InChI=1S/C18H15F2NO3/c1-12-6-8-14(10-16(12)20)21-17(22)11-24-18(23)9-7-13-4-2-3-5-15(13)19/h2-10H,11H2,1H3,(H,21,22)/b9-7+. The lowest BCUT2D eigenvalue weighted by molar-refractivity contribution is -0.142. The van der Waals surface area contributed by atoms with Crippen LogP contribution < -0.4 is 5.32 Å². The van der Waals surface area contributed by atoms with Gasteiger partial charge in [0.2, 0.25) is 0 Å². The van der Waals surface area contributed by atoms with Crippen LogP contribution in [0.2, 0.25) is 0 Å². The van der Waals surface area contributed by atoms with E-state index in [1.165, 1.54) is 42.5 Å². The Balaban J connectivity index is 1.84. The van der Waals surface area contributed by atoms with Gasteiger partial charge >= 0.3 is 5.97 Å². The zero-order valence-electron chi connectivity index (χ0n) is 12.9. The van der Waals surface area contributed by atoms with Gasteiger partial charge in [-0.05, 0) is 36.8 Å². The van der Waals surface area contributed by atoms with Gasteiger partial charge in [-0.25, -0.2) is 13.6 Å². The van der Waals surface area contributed by atoms with Crippen molar-refractivity contribution in [2.45, 2.75) is 6.92 Å². The van der Waals surface area contributed by atoms with E-state index < -0.39 is 30.1 Å². The molecular formula is C18H15F2NO3. The van der Waals surface area contributed by atoms with Crippen LogP contribution in [0.25, 0.3) is 6.08 Å². The van der Waals surface area contributed by atoms with E-state index in [-0.39, 0.29) is 11.3 Å². The van der Waals surface area contributed by atoms with Crippen LogP contribution in [0.4, 0.5) is 14.5 Å². The van der Waals surface area contributed by atoms with Crippen molar-refractivity contribution in [3.05, 3.63) is 71.3 Å². The van der Waals surface area contributed by atoms with E-state index in [0.717, 1.165) is 6.08 Å². The Kier molecular flexibility index (Phi) is 5.78. The number of carbonyl (C=O) groups excluding carboxylic acids is 2. The average Bonchev–Trinajstić information content (AvgIpc) is 2.55. The van der Waals surface area contributed by atoms with Crippen LogP contribution in [-0.4, -0.2) is 18.5 Å². The number of nitrogens with one attached hydrogen (secondary N) is 1. The van der Waals surface area contributed by atoms with Gasteiger partial charge in [-0.3, -0.25) is 4.79 Å². The van der Waals surface area contributed by atoms with Crippen LogP contribution in [0.15, 0.2) is 48.5 Å². The van der Waals surface area contributed by atoms with E-state index in [9.17, 15) is 18.4 Å². The van der Waals surface area contributed by atoms with Gasteiger partial charge in [-0.2, -0.15) is 0 Å². The fraction of sp³-hybridized carbons (Fsp3) is 0.111. The summed E-state index contributed by atoms with van der Waals surface area (Å²) in [6.07, 6.45) is 2.28. The quantitative estimate of drug-likeness (QED) is 0.674. The number of rotatable bonds is 5. The van der Waals surface area contributed by atoms with E-state index >= 15 is 0 Å². The summed E-state index contributed by atoms with van der Waals surface area (Å²) in [6.45, 7) is 1.07. The Morgan fingerprint density at radius 2 is 1.88 bits per heavy atom. The van der Waals surface area contributed by atoms with E-state index in [4.69, 9.17) is 4.74 Å². The molecule has 0 atom stereocenters. The number of aryl methyl sites for hydroxylation is 1. The first kappa shape index (κ1) is 17.3. The summed E-state index contributed by atoms with van der Waals surface area (Å²) >= 11 is 0. The second-order valence-corrected chi connectivity index (χ2v) is 4.97. The maximum atomic E-state index is 13.4. The minimum absolute atomic E-state index is 0.231. The molecule has 0 bridgehead atoms. The molecule has 0 aliphatic rings. The molecule has 0 aromatic heterocycles. The SMILES string of the molecule is Cc1ccc(NC(=O)COC(=O)/C=C/c2ccccc2F)cc1F.